The van der Waals surface area contributed by atoms with Crippen LogP contribution in [0.1, 0.15) is 12.5 Å². The van der Waals surface area contributed by atoms with Gasteiger partial charge in [-0.1, -0.05) is 54.5 Å². The minimum Gasteiger partial charge on any atom is -0.368 e. The van der Waals surface area contributed by atoms with E-state index in [0.717, 1.165) is 11.1 Å². The van der Waals surface area contributed by atoms with E-state index in [4.69, 9.17) is 0 Å². The fourth-order valence-corrected chi connectivity index (χ4v) is 2.83. The Morgan fingerprint density at radius 2 is 1.36 bits per heavy atom. The van der Waals surface area contributed by atoms with Crippen LogP contribution in [-0.2, 0) is 9.59 Å². The van der Waals surface area contributed by atoms with Gasteiger partial charge in [0, 0.05) is 56.2 Å². The smallest absolute Gasteiger partial charge is 0.296 e. The molecule has 0 saturated heterocycles. The quantitative estimate of drug-likeness (QED) is 0.299. The first-order valence-electron chi connectivity index (χ1n) is 10.6. The van der Waals surface area contributed by atoms with Gasteiger partial charge in [0.15, 0.2) is 5.82 Å². The molecule has 1 heterocycles. The fraction of sp³-hybridized carbons (Fsp3) is 0.200. The average molecular weight is 443 g/mol. The molecule has 0 atom stereocenters. The van der Waals surface area contributed by atoms with Gasteiger partial charge in [-0.15, -0.1) is 0 Å². The van der Waals surface area contributed by atoms with Crippen molar-refractivity contribution in [3.8, 4) is 23.2 Å². The fourth-order valence-electron chi connectivity index (χ4n) is 2.83. The molecule has 0 saturated carbocycles. The molecule has 3 aromatic rings. The van der Waals surface area contributed by atoms with Gasteiger partial charge in [0.1, 0.15) is 11.6 Å². The number of rotatable bonds is 9. The summed E-state index contributed by atoms with van der Waals surface area (Å²) in [6.45, 7) is 3.35. The standard InChI is InChI=1S/C25H26N6O2/c1-19(32)26-14-15-27-22-18-23(31-25(30-22)21-10-6-3-7-11-21)28-16-17-29-24(33)13-12-20-8-4-2-5-9-20/h2-11,18H,14-17H2,1H3,(H,26,32)(H,29,33)(H2,27,28,30,31). The summed E-state index contributed by atoms with van der Waals surface area (Å²) in [6.07, 6.45) is 0. The third-order valence-corrected chi connectivity index (χ3v) is 4.37. The molecule has 3 rings (SSSR count). The third-order valence-electron chi connectivity index (χ3n) is 4.37. The molecule has 33 heavy (non-hydrogen) atoms. The Bertz CT molecular complexity index is 1120. The SMILES string of the molecule is CC(=O)NCCNc1cc(NCCNC(=O)C#Cc2ccccc2)nc(-c2ccccc2)n1. The van der Waals surface area contributed by atoms with E-state index < -0.39 is 0 Å². The topological polar surface area (TPSA) is 108 Å². The van der Waals surface area contributed by atoms with Gasteiger partial charge in [-0.3, -0.25) is 9.59 Å². The van der Waals surface area contributed by atoms with Crippen molar-refractivity contribution in [2.75, 3.05) is 36.8 Å². The van der Waals surface area contributed by atoms with Gasteiger partial charge in [0.05, 0.1) is 0 Å². The van der Waals surface area contributed by atoms with Crippen LogP contribution in [0.5, 0.6) is 0 Å². The molecule has 0 radical (unpaired) electrons. The lowest BCUT2D eigenvalue weighted by Crippen LogP contribution is -2.28. The van der Waals surface area contributed by atoms with Gasteiger partial charge in [-0.25, -0.2) is 9.97 Å². The number of hydrogen-bond acceptors (Lipinski definition) is 6. The van der Waals surface area contributed by atoms with Gasteiger partial charge in [-0.05, 0) is 12.1 Å². The van der Waals surface area contributed by atoms with Crippen molar-refractivity contribution < 1.29 is 9.59 Å². The second-order valence-electron chi connectivity index (χ2n) is 7.04. The first-order valence-corrected chi connectivity index (χ1v) is 10.6. The lowest BCUT2D eigenvalue weighted by molar-refractivity contribution is -0.119. The number of aromatic nitrogens is 2. The van der Waals surface area contributed by atoms with Crippen LogP contribution >= 0.6 is 0 Å². The largest absolute Gasteiger partial charge is 0.368 e. The molecule has 8 heteroatoms. The summed E-state index contributed by atoms with van der Waals surface area (Å²) < 4.78 is 0. The van der Waals surface area contributed by atoms with Crippen molar-refractivity contribution in [2.45, 2.75) is 6.92 Å². The Balaban J connectivity index is 1.57. The normalized spacial score (nSPS) is 9.85. The Kier molecular flexibility index (Phi) is 8.80. The van der Waals surface area contributed by atoms with Crippen molar-refractivity contribution in [3.63, 3.8) is 0 Å². The molecular formula is C25H26N6O2. The molecule has 4 N–H and O–H groups in total. The first-order chi connectivity index (χ1) is 16.1. The van der Waals surface area contributed by atoms with Crippen LogP contribution in [0, 0.1) is 11.8 Å². The van der Waals surface area contributed by atoms with Gasteiger partial charge in [0.25, 0.3) is 5.91 Å². The predicted molar refractivity (Wildman–Crippen MR) is 129 cm³/mol. The van der Waals surface area contributed by atoms with E-state index in [1.165, 1.54) is 6.92 Å². The molecule has 0 aliphatic carbocycles. The number of amides is 2. The van der Waals surface area contributed by atoms with Gasteiger partial charge < -0.3 is 21.3 Å². The Morgan fingerprint density at radius 3 is 1.97 bits per heavy atom. The number of hydrogen-bond donors (Lipinski definition) is 4. The summed E-state index contributed by atoms with van der Waals surface area (Å²) in [5.41, 5.74) is 1.68. The van der Waals surface area contributed by atoms with E-state index in [1.54, 1.807) is 6.07 Å². The van der Waals surface area contributed by atoms with Crippen LogP contribution in [0.3, 0.4) is 0 Å². The van der Waals surface area contributed by atoms with Crippen molar-refractivity contribution in [1.82, 2.24) is 20.6 Å². The van der Waals surface area contributed by atoms with Gasteiger partial charge in [-0.2, -0.15) is 0 Å². The van der Waals surface area contributed by atoms with Crippen LogP contribution in [0.15, 0.2) is 66.7 Å². The summed E-state index contributed by atoms with van der Waals surface area (Å²) in [4.78, 5) is 32.1. The van der Waals surface area contributed by atoms with Crippen LogP contribution in [0.25, 0.3) is 11.4 Å². The van der Waals surface area contributed by atoms with E-state index in [0.29, 0.717) is 43.6 Å². The van der Waals surface area contributed by atoms with Crippen molar-refractivity contribution in [3.05, 3.63) is 72.3 Å². The lowest BCUT2D eigenvalue weighted by Gasteiger charge is -2.12. The molecule has 8 nitrogen and oxygen atoms in total. The first kappa shape index (κ1) is 23.3. The predicted octanol–water partition coefficient (Wildman–Crippen LogP) is 2.27. The van der Waals surface area contributed by atoms with Crippen LogP contribution < -0.4 is 21.3 Å². The van der Waals surface area contributed by atoms with Crippen LogP contribution in [0.4, 0.5) is 11.6 Å². The molecule has 1 aromatic heterocycles. The van der Waals surface area contributed by atoms with Crippen molar-refractivity contribution >= 4 is 23.5 Å². The second kappa shape index (κ2) is 12.5. The van der Waals surface area contributed by atoms with E-state index in [2.05, 4.69) is 43.1 Å². The van der Waals surface area contributed by atoms with E-state index >= 15 is 0 Å². The highest BCUT2D eigenvalue weighted by atomic mass is 16.2. The summed E-state index contributed by atoms with van der Waals surface area (Å²) in [7, 11) is 0. The highest BCUT2D eigenvalue weighted by Gasteiger charge is 2.07. The molecule has 0 fully saturated rings. The summed E-state index contributed by atoms with van der Waals surface area (Å²) >= 11 is 0. The maximum Gasteiger partial charge on any atom is 0.296 e. The zero-order valence-electron chi connectivity index (χ0n) is 18.4. The lowest BCUT2D eigenvalue weighted by atomic mass is 10.2. The zero-order chi connectivity index (χ0) is 23.3. The van der Waals surface area contributed by atoms with Gasteiger partial charge >= 0.3 is 0 Å². The molecule has 0 aliphatic heterocycles. The summed E-state index contributed by atoms with van der Waals surface area (Å²) in [5.74, 6) is 6.81. The number of benzene rings is 2. The van der Waals surface area contributed by atoms with E-state index in [-0.39, 0.29) is 11.8 Å². The Morgan fingerprint density at radius 1 is 0.788 bits per heavy atom. The maximum absolute atomic E-state index is 11.9. The number of anilines is 2. The zero-order valence-corrected chi connectivity index (χ0v) is 18.4. The average Bonchev–Trinajstić information content (AvgIpc) is 2.84. The van der Waals surface area contributed by atoms with Gasteiger partial charge in [0.2, 0.25) is 5.91 Å². The molecule has 0 bridgehead atoms. The minimum absolute atomic E-state index is 0.0812. The van der Waals surface area contributed by atoms with Crippen molar-refractivity contribution in [2.24, 2.45) is 0 Å². The third kappa shape index (κ3) is 8.34. The highest BCUT2D eigenvalue weighted by molar-refractivity contribution is 5.94. The van der Waals surface area contributed by atoms with E-state index in [1.807, 2.05) is 60.7 Å². The Hall–Kier alpha value is -4.38. The molecule has 2 amide bonds. The molecule has 168 valence electrons. The molecule has 0 spiro atoms. The monoisotopic (exact) mass is 442 g/mol. The van der Waals surface area contributed by atoms with Crippen LogP contribution in [0.2, 0.25) is 0 Å². The van der Waals surface area contributed by atoms with E-state index in [9.17, 15) is 9.59 Å². The molecule has 2 aromatic carbocycles. The molecule has 0 aliphatic rings. The number of carbonyl (C=O) groups excluding carboxylic acids is 2. The second-order valence-corrected chi connectivity index (χ2v) is 7.04. The number of nitrogens with one attached hydrogen (secondary N) is 4. The molecule has 0 unspecified atom stereocenters. The molecular weight excluding hydrogens is 416 g/mol. The van der Waals surface area contributed by atoms with Crippen LogP contribution in [-0.4, -0.2) is 48.0 Å². The highest BCUT2D eigenvalue weighted by Crippen LogP contribution is 2.19. The summed E-state index contributed by atoms with van der Waals surface area (Å²) in [6, 6.07) is 20.8. The minimum atomic E-state index is -0.339. The van der Waals surface area contributed by atoms with Crippen molar-refractivity contribution in [1.29, 1.82) is 0 Å². The number of carbonyl (C=O) groups is 2. The maximum atomic E-state index is 11.9. The number of nitrogens with zero attached hydrogens (tertiary/aromatic N) is 2. The summed E-state index contributed by atoms with van der Waals surface area (Å²) in [5, 5.41) is 11.9. The Labute approximate surface area is 193 Å².